The number of urea groups is 1. The van der Waals surface area contributed by atoms with Gasteiger partial charge in [0.2, 0.25) is 5.91 Å². The zero-order valence-corrected chi connectivity index (χ0v) is 13.8. The zero-order valence-electron chi connectivity index (χ0n) is 13.8. The summed E-state index contributed by atoms with van der Waals surface area (Å²) in [5, 5.41) is 8.30. The maximum Gasteiger partial charge on any atom is 0.321 e. The summed E-state index contributed by atoms with van der Waals surface area (Å²) in [6, 6.07) is 8.93. The fourth-order valence-electron chi connectivity index (χ4n) is 3.07. The van der Waals surface area contributed by atoms with Crippen LogP contribution in [0, 0.1) is 0 Å². The number of imide groups is 1. The molecule has 0 aromatic heterocycles. The Balaban J connectivity index is 2.09. The molecule has 1 aromatic carbocycles. The van der Waals surface area contributed by atoms with Gasteiger partial charge in [-0.1, -0.05) is 62.4 Å². The number of nitrogens with one attached hydrogen (secondary N) is 3. The molecule has 2 rings (SSSR count). The molecule has 0 bridgehead atoms. The number of carbonyl (C=O) groups is 2. The van der Waals surface area contributed by atoms with Crippen molar-refractivity contribution in [3.05, 3.63) is 35.9 Å². The molecule has 1 fully saturated rings. The third-order valence-corrected chi connectivity index (χ3v) is 4.37. The van der Waals surface area contributed by atoms with Gasteiger partial charge < -0.3 is 5.32 Å². The van der Waals surface area contributed by atoms with E-state index in [9.17, 15) is 9.59 Å². The van der Waals surface area contributed by atoms with Gasteiger partial charge in [0.25, 0.3) is 0 Å². The summed E-state index contributed by atoms with van der Waals surface area (Å²) in [6.07, 6.45) is 8.38. The van der Waals surface area contributed by atoms with E-state index >= 15 is 0 Å². The maximum absolute atomic E-state index is 12.5. The second-order valence-electron chi connectivity index (χ2n) is 6.12. The largest absolute Gasteiger partial charge is 0.341 e. The number of rotatable bonds is 4. The lowest BCUT2D eigenvalue weighted by Gasteiger charge is -2.26. The first-order chi connectivity index (χ1) is 11.2. The van der Waals surface area contributed by atoms with Gasteiger partial charge in [-0.25, -0.2) is 4.79 Å². The summed E-state index contributed by atoms with van der Waals surface area (Å²) in [6.45, 7) is 0. The minimum atomic E-state index is -0.502. The van der Waals surface area contributed by atoms with E-state index in [2.05, 4.69) is 16.0 Å². The van der Waals surface area contributed by atoms with Crippen LogP contribution in [0.25, 0.3) is 0 Å². The molecule has 0 aliphatic heterocycles. The first kappa shape index (κ1) is 17.5. The predicted octanol–water partition coefficient (Wildman–Crippen LogP) is 2.89. The van der Waals surface area contributed by atoms with E-state index in [-0.39, 0.29) is 5.91 Å². The second-order valence-corrected chi connectivity index (χ2v) is 6.12. The molecule has 1 aromatic rings. The fourth-order valence-corrected chi connectivity index (χ4v) is 3.07. The highest BCUT2D eigenvalue weighted by Crippen LogP contribution is 2.21. The van der Waals surface area contributed by atoms with Crippen molar-refractivity contribution in [1.82, 2.24) is 16.0 Å². The Morgan fingerprint density at radius 3 is 2.22 bits per heavy atom. The van der Waals surface area contributed by atoms with E-state index in [1.165, 1.54) is 39.2 Å². The number of amides is 3. The molecule has 5 nitrogen and oxygen atoms in total. The lowest BCUT2D eigenvalue weighted by Crippen LogP contribution is -2.46. The van der Waals surface area contributed by atoms with Crippen LogP contribution in [0.5, 0.6) is 0 Å². The highest BCUT2D eigenvalue weighted by Gasteiger charge is 2.25. The van der Waals surface area contributed by atoms with Crippen LogP contribution < -0.4 is 16.0 Å². The van der Waals surface area contributed by atoms with E-state index in [1.54, 1.807) is 0 Å². The lowest BCUT2D eigenvalue weighted by molar-refractivity contribution is -0.122. The van der Waals surface area contributed by atoms with Crippen molar-refractivity contribution in [3.8, 4) is 0 Å². The van der Waals surface area contributed by atoms with Gasteiger partial charge in [-0.05, 0) is 18.4 Å². The average Bonchev–Trinajstić information content (AvgIpc) is 2.54. The topological polar surface area (TPSA) is 70.2 Å². The minimum absolute atomic E-state index is 0.308. The number of carbonyl (C=O) groups excluding carboxylic acids is 2. The molecule has 3 N–H and O–H groups in total. The average molecular weight is 317 g/mol. The predicted molar refractivity (Wildman–Crippen MR) is 91.0 cm³/mol. The van der Waals surface area contributed by atoms with Crippen LogP contribution >= 0.6 is 0 Å². The molecule has 1 atom stereocenters. The van der Waals surface area contributed by atoms with Crippen LogP contribution in [0.15, 0.2) is 30.3 Å². The Morgan fingerprint density at radius 1 is 1.00 bits per heavy atom. The molecular weight excluding hydrogens is 290 g/mol. The molecule has 0 spiro atoms. The van der Waals surface area contributed by atoms with Crippen LogP contribution in [0.4, 0.5) is 4.79 Å². The van der Waals surface area contributed by atoms with E-state index in [0.717, 1.165) is 18.4 Å². The summed E-state index contributed by atoms with van der Waals surface area (Å²) in [4.78, 5) is 24.0. The van der Waals surface area contributed by atoms with E-state index in [1.807, 2.05) is 30.3 Å². The van der Waals surface area contributed by atoms with Gasteiger partial charge in [0.05, 0.1) is 0 Å². The summed E-state index contributed by atoms with van der Waals surface area (Å²) in [5.41, 5.74) is 0.885. The van der Waals surface area contributed by atoms with Crippen LogP contribution in [0.2, 0.25) is 0 Å². The molecular formula is C18H27N3O2. The third kappa shape index (κ3) is 5.67. The first-order valence-corrected chi connectivity index (χ1v) is 8.54. The summed E-state index contributed by atoms with van der Waals surface area (Å²) >= 11 is 0. The maximum atomic E-state index is 12.5. The van der Waals surface area contributed by atoms with Crippen molar-refractivity contribution in [2.24, 2.45) is 0 Å². The van der Waals surface area contributed by atoms with Crippen LogP contribution in [0.3, 0.4) is 0 Å². The molecule has 23 heavy (non-hydrogen) atoms. The standard InChI is InChI=1S/C18H27N3O2/c1-19-18(23)21-17(22)16(14-10-6-5-7-11-14)20-15-12-8-3-2-4-9-13-15/h5-7,10-11,15-16,20H,2-4,8-9,12-13H2,1H3,(H2,19,21,22,23)/t16-/m0/s1. The van der Waals surface area contributed by atoms with Gasteiger partial charge in [-0.2, -0.15) is 0 Å². The van der Waals surface area contributed by atoms with E-state index < -0.39 is 12.1 Å². The third-order valence-electron chi connectivity index (χ3n) is 4.37. The Morgan fingerprint density at radius 2 is 1.61 bits per heavy atom. The molecule has 3 amide bonds. The number of hydrogen-bond acceptors (Lipinski definition) is 3. The molecule has 126 valence electrons. The summed E-state index contributed by atoms with van der Waals surface area (Å²) < 4.78 is 0. The number of hydrogen-bond donors (Lipinski definition) is 3. The zero-order chi connectivity index (χ0) is 16.5. The van der Waals surface area contributed by atoms with Crippen molar-refractivity contribution in [2.45, 2.75) is 57.0 Å². The molecule has 1 saturated carbocycles. The van der Waals surface area contributed by atoms with Gasteiger partial charge in [0.1, 0.15) is 6.04 Å². The fraction of sp³-hybridized carbons (Fsp3) is 0.556. The van der Waals surface area contributed by atoms with Crippen LogP contribution in [-0.2, 0) is 4.79 Å². The highest BCUT2D eigenvalue weighted by atomic mass is 16.2. The Kier molecular flexibility index (Phi) is 7.07. The Bertz CT molecular complexity index is 496. The van der Waals surface area contributed by atoms with Gasteiger partial charge in [0, 0.05) is 13.1 Å². The van der Waals surface area contributed by atoms with Crippen molar-refractivity contribution in [2.75, 3.05) is 7.05 Å². The SMILES string of the molecule is CNC(=O)NC(=O)[C@@H](NC1CCCCCCC1)c1ccccc1. The monoisotopic (exact) mass is 317 g/mol. The van der Waals surface area contributed by atoms with E-state index in [4.69, 9.17) is 0 Å². The van der Waals surface area contributed by atoms with E-state index in [0.29, 0.717) is 6.04 Å². The molecule has 5 heteroatoms. The smallest absolute Gasteiger partial charge is 0.321 e. The first-order valence-electron chi connectivity index (χ1n) is 8.54. The second kappa shape index (κ2) is 9.30. The van der Waals surface area contributed by atoms with Gasteiger partial charge in [0.15, 0.2) is 0 Å². The summed E-state index contributed by atoms with van der Waals surface area (Å²) in [5.74, 6) is -0.308. The van der Waals surface area contributed by atoms with Crippen molar-refractivity contribution in [1.29, 1.82) is 0 Å². The lowest BCUT2D eigenvalue weighted by atomic mass is 9.95. The quantitative estimate of drug-likeness (QED) is 0.799. The van der Waals surface area contributed by atoms with Crippen molar-refractivity contribution < 1.29 is 9.59 Å². The van der Waals surface area contributed by atoms with Crippen molar-refractivity contribution in [3.63, 3.8) is 0 Å². The van der Waals surface area contributed by atoms with Gasteiger partial charge in [-0.3, -0.25) is 15.4 Å². The molecule has 0 heterocycles. The molecule has 0 radical (unpaired) electrons. The van der Waals surface area contributed by atoms with Crippen molar-refractivity contribution >= 4 is 11.9 Å². The van der Waals surface area contributed by atoms with Crippen LogP contribution in [-0.4, -0.2) is 25.0 Å². The van der Waals surface area contributed by atoms with Gasteiger partial charge >= 0.3 is 6.03 Å². The minimum Gasteiger partial charge on any atom is -0.341 e. The number of benzene rings is 1. The molecule has 0 unspecified atom stereocenters. The molecule has 0 saturated heterocycles. The molecule has 1 aliphatic carbocycles. The normalized spacial score (nSPS) is 17.6. The summed E-state index contributed by atoms with van der Waals surface area (Å²) in [7, 11) is 1.50. The Hall–Kier alpha value is -1.88. The highest BCUT2D eigenvalue weighted by molar-refractivity contribution is 5.97. The molecule has 1 aliphatic rings. The van der Waals surface area contributed by atoms with Gasteiger partial charge in [-0.15, -0.1) is 0 Å². The Labute approximate surface area is 138 Å². The van der Waals surface area contributed by atoms with Crippen LogP contribution in [0.1, 0.15) is 56.6 Å².